The smallest absolute Gasteiger partial charge is 0.0725 e. The van der Waals surface area contributed by atoms with Crippen molar-refractivity contribution in [3.63, 3.8) is 0 Å². The van der Waals surface area contributed by atoms with E-state index in [1.165, 1.54) is 6.42 Å². The van der Waals surface area contributed by atoms with Gasteiger partial charge in [-0.15, -0.1) is 5.10 Å². The largest absolute Gasteiger partial charge is 0.378 e. The zero-order valence-electron chi connectivity index (χ0n) is 16.5. The minimum absolute atomic E-state index is 0.498. The summed E-state index contributed by atoms with van der Waals surface area (Å²) in [5.74, 6) is 0.728. The fraction of sp³-hybridized carbons (Fsp3) is 0.889. The van der Waals surface area contributed by atoms with Crippen LogP contribution in [0, 0.1) is 5.92 Å². The lowest BCUT2D eigenvalue weighted by Gasteiger charge is -2.11. The predicted molar refractivity (Wildman–Crippen MR) is 101 cm³/mol. The maximum Gasteiger partial charge on any atom is 0.0725 e. The van der Waals surface area contributed by atoms with Gasteiger partial charge in [0.1, 0.15) is 0 Å². The molecule has 0 fully saturated rings. The third-order valence-electron chi connectivity index (χ3n) is 4.06. The van der Waals surface area contributed by atoms with Crippen molar-refractivity contribution >= 4 is 0 Å². The molecule has 25 heavy (non-hydrogen) atoms. The standard InChI is InChI=1S/C18H37N5O2/c1-5-17(4)14-19-8-10-24-12-13-25-11-9-23-18(15-21-22-23)6-7-20-16(2)3/h15-17,19-20H,5-14H2,1-4H3. The van der Waals surface area contributed by atoms with Gasteiger partial charge in [0.15, 0.2) is 0 Å². The quantitative estimate of drug-likeness (QED) is 0.438. The van der Waals surface area contributed by atoms with Crippen molar-refractivity contribution in [3.05, 3.63) is 11.9 Å². The molecule has 1 atom stereocenters. The average Bonchev–Trinajstić information content (AvgIpc) is 3.03. The zero-order valence-corrected chi connectivity index (χ0v) is 16.5. The summed E-state index contributed by atoms with van der Waals surface area (Å²) in [5.41, 5.74) is 1.14. The lowest BCUT2D eigenvalue weighted by atomic mass is 10.1. The van der Waals surface area contributed by atoms with Crippen LogP contribution in [-0.4, -0.2) is 67.1 Å². The Labute approximate surface area is 152 Å². The second kappa shape index (κ2) is 14.2. The van der Waals surface area contributed by atoms with E-state index in [1.807, 2.05) is 10.9 Å². The molecule has 0 aliphatic carbocycles. The SMILES string of the molecule is CCC(C)CNCCOCCOCCn1nncc1CCNC(C)C. The Morgan fingerprint density at radius 1 is 1.08 bits per heavy atom. The first kappa shape index (κ1) is 22.0. The van der Waals surface area contributed by atoms with Crippen LogP contribution in [0.15, 0.2) is 6.20 Å². The van der Waals surface area contributed by atoms with Gasteiger partial charge in [0.05, 0.1) is 44.9 Å². The summed E-state index contributed by atoms with van der Waals surface area (Å²) in [6, 6.07) is 0.498. The number of hydrogen-bond donors (Lipinski definition) is 2. The van der Waals surface area contributed by atoms with E-state index in [9.17, 15) is 0 Å². The molecular formula is C18H37N5O2. The van der Waals surface area contributed by atoms with Gasteiger partial charge in [0.25, 0.3) is 0 Å². The van der Waals surface area contributed by atoms with Crippen LogP contribution < -0.4 is 10.6 Å². The number of nitrogens with one attached hydrogen (secondary N) is 2. The van der Waals surface area contributed by atoms with Gasteiger partial charge in [0, 0.05) is 25.6 Å². The van der Waals surface area contributed by atoms with Gasteiger partial charge >= 0.3 is 0 Å². The van der Waals surface area contributed by atoms with E-state index >= 15 is 0 Å². The van der Waals surface area contributed by atoms with Crippen molar-refractivity contribution in [2.24, 2.45) is 5.92 Å². The maximum absolute atomic E-state index is 5.62. The summed E-state index contributed by atoms with van der Waals surface area (Å²) < 4.78 is 13.1. The number of aromatic nitrogens is 3. The van der Waals surface area contributed by atoms with Crippen molar-refractivity contribution in [2.45, 2.75) is 53.1 Å². The van der Waals surface area contributed by atoms with E-state index < -0.39 is 0 Å². The molecule has 0 radical (unpaired) electrons. The summed E-state index contributed by atoms with van der Waals surface area (Å²) in [4.78, 5) is 0. The Hall–Kier alpha value is -1.02. The van der Waals surface area contributed by atoms with Crippen LogP contribution in [0.1, 0.15) is 39.8 Å². The highest BCUT2D eigenvalue weighted by atomic mass is 16.5. The first-order valence-corrected chi connectivity index (χ1v) is 9.60. The molecule has 1 unspecified atom stereocenters. The molecule has 0 saturated carbocycles. The fourth-order valence-corrected chi connectivity index (χ4v) is 2.26. The predicted octanol–water partition coefficient (Wildman–Crippen LogP) is 1.49. The third kappa shape index (κ3) is 11.3. The van der Waals surface area contributed by atoms with E-state index in [2.05, 4.69) is 48.6 Å². The second-order valence-corrected chi connectivity index (χ2v) is 6.75. The zero-order chi connectivity index (χ0) is 18.3. The topological polar surface area (TPSA) is 73.2 Å². The van der Waals surface area contributed by atoms with E-state index in [0.29, 0.717) is 25.9 Å². The van der Waals surface area contributed by atoms with Gasteiger partial charge in [-0.05, 0) is 12.5 Å². The van der Waals surface area contributed by atoms with Crippen LogP contribution in [0.3, 0.4) is 0 Å². The van der Waals surface area contributed by atoms with Gasteiger partial charge in [-0.3, -0.25) is 0 Å². The Morgan fingerprint density at radius 2 is 1.84 bits per heavy atom. The normalized spacial score (nSPS) is 12.8. The highest BCUT2D eigenvalue weighted by Crippen LogP contribution is 1.98. The summed E-state index contributed by atoms with van der Waals surface area (Å²) in [7, 11) is 0. The molecule has 2 N–H and O–H groups in total. The monoisotopic (exact) mass is 355 g/mol. The first-order valence-electron chi connectivity index (χ1n) is 9.60. The van der Waals surface area contributed by atoms with Crippen molar-refractivity contribution in [3.8, 4) is 0 Å². The van der Waals surface area contributed by atoms with Gasteiger partial charge in [-0.25, -0.2) is 4.68 Å². The fourth-order valence-electron chi connectivity index (χ4n) is 2.26. The third-order valence-corrected chi connectivity index (χ3v) is 4.06. The van der Waals surface area contributed by atoms with E-state index in [-0.39, 0.29) is 0 Å². The Morgan fingerprint density at radius 3 is 2.56 bits per heavy atom. The van der Waals surface area contributed by atoms with Crippen LogP contribution in [0.25, 0.3) is 0 Å². The first-order chi connectivity index (χ1) is 12.1. The highest BCUT2D eigenvalue weighted by molar-refractivity contribution is 4.94. The Balaban J connectivity index is 1.97. The van der Waals surface area contributed by atoms with Crippen LogP contribution >= 0.6 is 0 Å². The summed E-state index contributed by atoms with van der Waals surface area (Å²) in [6.07, 6.45) is 3.97. The van der Waals surface area contributed by atoms with Gasteiger partial charge in [-0.2, -0.15) is 0 Å². The van der Waals surface area contributed by atoms with E-state index in [4.69, 9.17) is 9.47 Å². The highest BCUT2D eigenvalue weighted by Gasteiger charge is 2.04. The van der Waals surface area contributed by atoms with Crippen molar-refractivity contribution < 1.29 is 9.47 Å². The van der Waals surface area contributed by atoms with Gasteiger partial charge in [-0.1, -0.05) is 39.3 Å². The molecule has 0 amide bonds. The maximum atomic E-state index is 5.62. The molecule has 1 aromatic rings. The van der Waals surface area contributed by atoms with Gasteiger partial charge < -0.3 is 20.1 Å². The van der Waals surface area contributed by atoms with Crippen LogP contribution in [-0.2, 0) is 22.4 Å². The molecule has 7 nitrogen and oxygen atoms in total. The molecule has 0 aromatic carbocycles. The number of ether oxygens (including phenoxy) is 2. The molecular weight excluding hydrogens is 318 g/mol. The molecule has 0 bridgehead atoms. The minimum Gasteiger partial charge on any atom is -0.378 e. The van der Waals surface area contributed by atoms with Crippen LogP contribution in [0.4, 0.5) is 0 Å². The van der Waals surface area contributed by atoms with Crippen molar-refractivity contribution in [1.29, 1.82) is 0 Å². The number of hydrogen-bond acceptors (Lipinski definition) is 6. The van der Waals surface area contributed by atoms with Crippen LogP contribution in [0.5, 0.6) is 0 Å². The van der Waals surface area contributed by atoms with E-state index in [1.54, 1.807) is 0 Å². The molecule has 0 aliphatic heterocycles. The number of rotatable bonds is 16. The Kier molecular flexibility index (Phi) is 12.5. The Bertz CT molecular complexity index is 425. The minimum atomic E-state index is 0.498. The molecule has 1 rings (SSSR count). The molecule has 0 spiro atoms. The van der Waals surface area contributed by atoms with Crippen molar-refractivity contribution in [2.75, 3.05) is 46.1 Å². The molecule has 7 heteroatoms. The molecule has 1 heterocycles. The molecule has 146 valence electrons. The summed E-state index contributed by atoms with van der Waals surface area (Å²) >= 11 is 0. The molecule has 1 aromatic heterocycles. The summed E-state index contributed by atoms with van der Waals surface area (Å²) in [6.45, 7) is 15.0. The second-order valence-electron chi connectivity index (χ2n) is 6.75. The number of nitrogens with zero attached hydrogens (tertiary/aromatic N) is 3. The van der Waals surface area contributed by atoms with Gasteiger partial charge in [0.2, 0.25) is 0 Å². The van der Waals surface area contributed by atoms with E-state index in [0.717, 1.165) is 50.8 Å². The lowest BCUT2D eigenvalue weighted by molar-refractivity contribution is 0.0445. The summed E-state index contributed by atoms with van der Waals surface area (Å²) in [5, 5.41) is 14.9. The molecule has 0 saturated heterocycles. The van der Waals surface area contributed by atoms with Crippen LogP contribution in [0.2, 0.25) is 0 Å². The average molecular weight is 356 g/mol. The lowest BCUT2D eigenvalue weighted by Crippen LogP contribution is -2.26. The van der Waals surface area contributed by atoms with Crippen molar-refractivity contribution in [1.82, 2.24) is 25.6 Å². The molecule has 0 aliphatic rings.